The Kier molecular flexibility index (Phi) is 3.87. The number of aliphatic hydroxyl groups excluding tert-OH is 1. The molecule has 1 atom stereocenters. The quantitative estimate of drug-likeness (QED) is 0.778. The van der Waals surface area contributed by atoms with Crippen LogP contribution in [0.2, 0.25) is 0 Å². The van der Waals surface area contributed by atoms with Crippen molar-refractivity contribution in [3.05, 3.63) is 29.3 Å². The second-order valence-electron chi connectivity index (χ2n) is 4.96. The monoisotopic (exact) mass is 248 g/mol. The number of piperidine rings is 1. The van der Waals surface area contributed by atoms with Crippen LogP contribution >= 0.6 is 0 Å². The molecule has 0 spiro atoms. The molecular formula is C14H20N2O2. The van der Waals surface area contributed by atoms with Crippen molar-refractivity contribution in [3.8, 4) is 0 Å². The van der Waals surface area contributed by atoms with Gasteiger partial charge in [-0.15, -0.1) is 0 Å². The highest BCUT2D eigenvalue weighted by molar-refractivity contribution is 5.97. The Morgan fingerprint density at radius 3 is 3.06 bits per heavy atom. The van der Waals surface area contributed by atoms with E-state index in [1.165, 1.54) is 0 Å². The third-order valence-electron chi connectivity index (χ3n) is 3.67. The van der Waals surface area contributed by atoms with Crippen molar-refractivity contribution < 1.29 is 9.90 Å². The number of nitrogens with zero attached hydrogens (tertiary/aromatic N) is 1. The van der Waals surface area contributed by atoms with Crippen LogP contribution in [0.1, 0.15) is 28.8 Å². The smallest absolute Gasteiger partial charge is 0.254 e. The molecule has 1 aromatic rings. The molecule has 4 heteroatoms. The van der Waals surface area contributed by atoms with Gasteiger partial charge in [-0.1, -0.05) is 6.07 Å². The van der Waals surface area contributed by atoms with Crippen LogP contribution in [-0.2, 0) is 0 Å². The van der Waals surface area contributed by atoms with Gasteiger partial charge in [0.25, 0.3) is 5.91 Å². The first-order valence-electron chi connectivity index (χ1n) is 6.38. The second kappa shape index (κ2) is 5.40. The highest BCUT2D eigenvalue weighted by Crippen LogP contribution is 2.21. The number of nitrogen functional groups attached to an aromatic ring is 1. The van der Waals surface area contributed by atoms with Crippen LogP contribution in [0.25, 0.3) is 0 Å². The van der Waals surface area contributed by atoms with Gasteiger partial charge in [0, 0.05) is 30.9 Å². The second-order valence-corrected chi connectivity index (χ2v) is 4.96. The SMILES string of the molecule is Cc1c(N)cccc1C(=O)N1CCCC(CO)C1. The van der Waals surface area contributed by atoms with Crippen LogP contribution in [0.5, 0.6) is 0 Å². The highest BCUT2D eigenvalue weighted by Gasteiger charge is 2.25. The summed E-state index contributed by atoms with van der Waals surface area (Å²) in [6, 6.07) is 5.43. The molecule has 3 N–H and O–H groups in total. The molecule has 0 bridgehead atoms. The van der Waals surface area contributed by atoms with E-state index in [0.29, 0.717) is 17.8 Å². The number of hydrogen-bond donors (Lipinski definition) is 2. The van der Waals surface area contributed by atoms with Crippen molar-refractivity contribution in [1.82, 2.24) is 4.90 Å². The number of aliphatic hydroxyl groups is 1. The van der Waals surface area contributed by atoms with Gasteiger partial charge in [-0.2, -0.15) is 0 Å². The molecule has 1 fully saturated rings. The van der Waals surface area contributed by atoms with E-state index in [1.807, 2.05) is 24.0 Å². The van der Waals surface area contributed by atoms with Crippen LogP contribution in [-0.4, -0.2) is 35.6 Å². The Labute approximate surface area is 107 Å². The first kappa shape index (κ1) is 12.9. The molecule has 0 aromatic heterocycles. The Morgan fingerprint density at radius 2 is 2.33 bits per heavy atom. The summed E-state index contributed by atoms with van der Waals surface area (Å²) in [6.45, 7) is 3.43. The van der Waals surface area contributed by atoms with Gasteiger partial charge in [0.2, 0.25) is 0 Å². The van der Waals surface area contributed by atoms with Crippen LogP contribution in [0.4, 0.5) is 5.69 Å². The fourth-order valence-corrected chi connectivity index (χ4v) is 2.45. The van der Waals surface area contributed by atoms with Crippen molar-refractivity contribution in [1.29, 1.82) is 0 Å². The highest BCUT2D eigenvalue weighted by atomic mass is 16.3. The molecule has 4 nitrogen and oxygen atoms in total. The third kappa shape index (κ3) is 2.48. The lowest BCUT2D eigenvalue weighted by molar-refractivity contribution is 0.0620. The molecular weight excluding hydrogens is 228 g/mol. The maximum Gasteiger partial charge on any atom is 0.254 e. The summed E-state index contributed by atoms with van der Waals surface area (Å²) in [5.74, 6) is 0.238. The average molecular weight is 248 g/mol. The van der Waals surface area contributed by atoms with Crippen LogP contribution in [0, 0.1) is 12.8 Å². The van der Waals surface area contributed by atoms with Gasteiger partial charge in [0.1, 0.15) is 0 Å². The molecule has 1 saturated heterocycles. The van der Waals surface area contributed by atoms with Crippen molar-refractivity contribution in [2.45, 2.75) is 19.8 Å². The number of rotatable bonds is 2. The zero-order chi connectivity index (χ0) is 13.1. The van der Waals surface area contributed by atoms with Crippen molar-refractivity contribution in [2.75, 3.05) is 25.4 Å². The molecule has 0 radical (unpaired) electrons. The van der Waals surface area contributed by atoms with E-state index in [9.17, 15) is 9.90 Å². The van der Waals surface area contributed by atoms with Gasteiger partial charge in [-0.05, 0) is 43.4 Å². The van der Waals surface area contributed by atoms with Gasteiger partial charge in [0.15, 0.2) is 0 Å². The van der Waals surface area contributed by atoms with Gasteiger partial charge < -0.3 is 15.7 Å². The van der Waals surface area contributed by atoms with Crippen LogP contribution in [0.3, 0.4) is 0 Å². The summed E-state index contributed by atoms with van der Waals surface area (Å²) in [5.41, 5.74) is 8.00. The Bertz CT molecular complexity index is 445. The Morgan fingerprint density at radius 1 is 1.56 bits per heavy atom. The molecule has 0 aliphatic carbocycles. The van der Waals surface area contributed by atoms with E-state index in [4.69, 9.17) is 5.73 Å². The minimum atomic E-state index is 0.0259. The number of carbonyl (C=O) groups excluding carboxylic acids is 1. The van der Waals surface area contributed by atoms with E-state index in [2.05, 4.69) is 0 Å². The number of carbonyl (C=O) groups is 1. The lowest BCUT2D eigenvalue weighted by Gasteiger charge is -2.32. The summed E-state index contributed by atoms with van der Waals surface area (Å²) in [4.78, 5) is 14.2. The van der Waals surface area contributed by atoms with Crippen molar-refractivity contribution in [3.63, 3.8) is 0 Å². The van der Waals surface area contributed by atoms with Crippen molar-refractivity contribution >= 4 is 11.6 Å². The minimum absolute atomic E-state index is 0.0259. The van der Waals surface area contributed by atoms with Gasteiger partial charge >= 0.3 is 0 Å². The Balaban J connectivity index is 2.18. The summed E-state index contributed by atoms with van der Waals surface area (Å²) in [5, 5.41) is 9.20. The minimum Gasteiger partial charge on any atom is -0.398 e. The van der Waals surface area contributed by atoms with E-state index in [1.54, 1.807) is 6.07 Å². The number of likely N-dealkylation sites (tertiary alicyclic amines) is 1. The maximum atomic E-state index is 12.4. The molecule has 2 rings (SSSR count). The summed E-state index contributed by atoms with van der Waals surface area (Å²) < 4.78 is 0. The molecule has 98 valence electrons. The number of benzene rings is 1. The number of nitrogens with two attached hydrogens (primary N) is 1. The molecule has 1 unspecified atom stereocenters. The molecule has 1 aromatic carbocycles. The van der Waals surface area contributed by atoms with E-state index in [0.717, 1.165) is 24.9 Å². The van der Waals surface area contributed by atoms with Gasteiger partial charge in [-0.25, -0.2) is 0 Å². The summed E-state index contributed by atoms with van der Waals surface area (Å²) in [6.07, 6.45) is 1.95. The lowest BCUT2D eigenvalue weighted by atomic mass is 9.97. The maximum absolute atomic E-state index is 12.4. The molecule has 1 aliphatic rings. The summed E-state index contributed by atoms with van der Waals surface area (Å²) in [7, 11) is 0. The largest absolute Gasteiger partial charge is 0.398 e. The molecule has 1 amide bonds. The van der Waals surface area contributed by atoms with E-state index in [-0.39, 0.29) is 18.4 Å². The van der Waals surface area contributed by atoms with Crippen molar-refractivity contribution in [2.24, 2.45) is 5.92 Å². The van der Waals surface area contributed by atoms with Gasteiger partial charge in [-0.3, -0.25) is 4.79 Å². The molecule has 1 heterocycles. The number of hydrogen-bond acceptors (Lipinski definition) is 3. The normalized spacial score (nSPS) is 19.9. The summed E-state index contributed by atoms with van der Waals surface area (Å²) >= 11 is 0. The number of amides is 1. The van der Waals surface area contributed by atoms with Crippen LogP contribution < -0.4 is 5.73 Å². The topological polar surface area (TPSA) is 66.6 Å². The first-order chi connectivity index (χ1) is 8.63. The number of anilines is 1. The van der Waals surface area contributed by atoms with E-state index < -0.39 is 0 Å². The average Bonchev–Trinajstić information content (AvgIpc) is 2.41. The van der Waals surface area contributed by atoms with Gasteiger partial charge in [0.05, 0.1) is 0 Å². The zero-order valence-electron chi connectivity index (χ0n) is 10.7. The lowest BCUT2D eigenvalue weighted by Crippen LogP contribution is -2.41. The van der Waals surface area contributed by atoms with E-state index >= 15 is 0 Å². The Hall–Kier alpha value is -1.55. The standard InChI is InChI=1S/C14H20N2O2/c1-10-12(5-2-6-13(10)15)14(18)16-7-3-4-11(8-16)9-17/h2,5-6,11,17H,3-4,7-9,15H2,1H3. The zero-order valence-corrected chi connectivity index (χ0v) is 10.7. The predicted molar refractivity (Wildman–Crippen MR) is 71.3 cm³/mol. The first-order valence-corrected chi connectivity index (χ1v) is 6.38. The fourth-order valence-electron chi connectivity index (χ4n) is 2.45. The fraction of sp³-hybridized carbons (Fsp3) is 0.500. The predicted octanol–water partition coefficient (Wildman–Crippen LogP) is 1.42. The molecule has 0 saturated carbocycles. The third-order valence-corrected chi connectivity index (χ3v) is 3.67. The molecule has 18 heavy (non-hydrogen) atoms. The van der Waals surface area contributed by atoms with Crippen LogP contribution in [0.15, 0.2) is 18.2 Å². The molecule has 1 aliphatic heterocycles.